The van der Waals surface area contributed by atoms with Crippen molar-refractivity contribution in [2.75, 3.05) is 13.1 Å². The van der Waals surface area contributed by atoms with Gasteiger partial charge in [-0.3, -0.25) is 4.79 Å². The van der Waals surface area contributed by atoms with E-state index in [0.717, 1.165) is 13.0 Å². The fourth-order valence-corrected chi connectivity index (χ4v) is 1.87. The molecular formula is C16H26N2O. The molecule has 0 aliphatic carbocycles. The van der Waals surface area contributed by atoms with E-state index >= 15 is 0 Å². The summed E-state index contributed by atoms with van der Waals surface area (Å²) in [6.45, 7) is 9.83. The van der Waals surface area contributed by atoms with Crippen molar-refractivity contribution in [2.45, 2.75) is 46.1 Å². The van der Waals surface area contributed by atoms with Crippen LogP contribution in [0.25, 0.3) is 0 Å². The Morgan fingerprint density at radius 1 is 1.16 bits per heavy atom. The molecule has 19 heavy (non-hydrogen) atoms. The first-order valence-corrected chi connectivity index (χ1v) is 6.95. The first-order valence-electron chi connectivity index (χ1n) is 6.95. The second-order valence-corrected chi connectivity index (χ2v) is 5.95. The Morgan fingerprint density at radius 3 is 2.47 bits per heavy atom. The van der Waals surface area contributed by atoms with Crippen molar-refractivity contribution < 1.29 is 4.79 Å². The van der Waals surface area contributed by atoms with Crippen LogP contribution in [0.15, 0.2) is 24.3 Å². The molecule has 2 N–H and O–H groups in total. The van der Waals surface area contributed by atoms with E-state index < -0.39 is 0 Å². The molecular weight excluding hydrogens is 236 g/mol. The number of hydrogen-bond donors (Lipinski definition) is 2. The minimum Gasteiger partial charge on any atom is -0.356 e. The van der Waals surface area contributed by atoms with E-state index in [0.29, 0.717) is 13.0 Å². The van der Waals surface area contributed by atoms with Gasteiger partial charge < -0.3 is 10.6 Å². The number of carbonyl (C=O) groups excluding carboxylic acids is 1. The summed E-state index contributed by atoms with van der Waals surface area (Å²) in [7, 11) is 0. The van der Waals surface area contributed by atoms with Crippen molar-refractivity contribution in [3.8, 4) is 0 Å². The second kappa shape index (κ2) is 7.29. The normalized spacial score (nSPS) is 11.4. The molecule has 3 nitrogen and oxygen atoms in total. The summed E-state index contributed by atoms with van der Waals surface area (Å²) in [5, 5.41) is 6.27. The maximum absolute atomic E-state index is 11.7. The van der Waals surface area contributed by atoms with Crippen LogP contribution in [0, 0.1) is 6.92 Å². The number of aryl methyl sites for hydroxylation is 1. The minimum absolute atomic E-state index is 0.0709. The molecule has 0 saturated carbocycles. The van der Waals surface area contributed by atoms with Gasteiger partial charge in [0.15, 0.2) is 0 Å². The van der Waals surface area contributed by atoms with Crippen LogP contribution >= 0.6 is 0 Å². The number of hydrogen-bond acceptors (Lipinski definition) is 2. The first-order chi connectivity index (χ1) is 8.88. The highest BCUT2D eigenvalue weighted by Crippen LogP contribution is 2.06. The molecule has 1 aromatic carbocycles. The fraction of sp³-hybridized carbons (Fsp3) is 0.562. The SMILES string of the molecule is Cc1ccccc1CCNC(=O)CCNC(C)(C)C. The second-order valence-electron chi connectivity index (χ2n) is 5.95. The Hall–Kier alpha value is -1.35. The van der Waals surface area contributed by atoms with Crippen molar-refractivity contribution in [3.63, 3.8) is 0 Å². The van der Waals surface area contributed by atoms with Gasteiger partial charge in [0.1, 0.15) is 0 Å². The highest BCUT2D eigenvalue weighted by Gasteiger charge is 2.09. The zero-order valence-electron chi connectivity index (χ0n) is 12.5. The van der Waals surface area contributed by atoms with Crippen LogP contribution in [-0.2, 0) is 11.2 Å². The Balaban J connectivity index is 2.19. The van der Waals surface area contributed by atoms with Gasteiger partial charge in [-0.25, -0.2) is 0 Å². The van der Waals surface area contributed by atoms with Gasteiger partial charge in [-0.15, -0.1) is 0 Å². The van der Waals surface area contributed by atoms with Gasteiger partial charge in [-0.1, -0.05) is 24.3 Å². The Labute approximate surface area is 116 Å². The Kier molecular flexibility index (Phi) is 6.03. The van der Waals surface area contributed by atoms with Crippen LogP contribution in [0.5, 0.6) is 0 Å². The van der Waals surface area contributed by atoms with E-state index in [9.17, 15) is 4.79 Å². The minimum atomic E-state index is 0.0709. The molecule has 0 saturated heterocycles. The average Bonchev–Trinajstić information content (AvgIpc) is 2.30. The zero-order valence-corrected chi connectivity index (χ0v) is 12.5. The predicted molar refractivity (Wildman–Crippen MR) is 80.3 cm³/mol. The first kappa shape index (κ1) is 15.7. The number of amides is 1. The summed E-state index contributed by atoms with van der Waals surface area (Å²) >= 11 is 0. The van der Waals surface area contributed by atoms with E-state index in [4.69, 9.17) is 0 Å². The van der Waals surface area contributed by atoms with Gasteiger partial charge in [0, 0.05) is 25.0 Å². The highest BCUT2D eigenvalue weighted by atomic mass is 16.1. The van der Waals surface area contributed by atoms with Gasteiger partial charge in [0.05, 0.1) is 0 Å². The molecule has 0 atom stereocenters. The molecule has 3 heteroatoms. The van der Waals surface area contributed by atoms with E-state index in [1.54, 1.807) is 0 Å². The molecule has 0 unspecified atom stereocenters. The van der Waals surface area contributed by atoms with Gasteiger partial charge in [-0.2, -0.15) is 0 Å². The largest absolute Gasteiger partial charge is 0.356 e. The molecule has 0 aliphatic rings. The molecule has 1 rings (SSSR count). The summed E-state index contributed by atoms with van der Waals surface area (Å²) in [5.74, 6) is 0.116. The molecule has 0 aliphatic heterocycles. The summed E-state index contributed by atoms with van der Waals surface area (Å²) in [6, 6.07) is 8.29. The fourth-order valence-electron chi connectivity index (χ4n) is 1.87. The van der Waals surface area contributed by atoms with E-state index in [2.05, 4.69) is 50.5 Å². The highest BCUT2D eigenvalue weighted by molar-refractivity contribution is 5.76. The summed E-state index contributed by atoms with van der Waals surface area (Å²) in [6.07, 6.45) is 1.43. The van der Waals surface area contributed by atoms with Gasteiger partial charge in [0.2, 0.25) is 5.91 Å². The lowest BCUT2D eigenvalue weighted by Crippen LogP contribution is -2.38. The third kappa shape index (κ3) is 6.97. The summed E-state index contributed by atoms with van der Waals surface area (Å²) < 4.78 is 0. The van der Waals surface area contributed by atoms with Crippen LogP contribution in [0.2, 0.25) is 0 Å². The van der Waals surface area contributed by atoms with Crippen LogP contribution in [-0.4, -0.2) is 24.5 Å². The lowest BCUT2D eigenvalue weighted by molar-refractivity contribution is -0.121. The van der Waals surface area contributed by atoms with Crippen molar-refractivity contribution in [1.29, 1.82) is 0 Å². The molecule has 0 bridgehead atoms. The Morgan fingerprint density at radius 2 is 1.84 bits per heavy atom. The third-order valence-electron chi connectivity index (χ3n) is 2.99. The molecule has 0 radical (unpaired) electrons. The van der Waals surface area contributed by atoms with Gasteiger partial charge in [0.25, 0.3) is 0 Å². The number of rotatable bonds is 6. The number of benzene rings is 1. The lowest BCUT2D eigenvalue weighted by atomic mass is 10.1. The molecule has 106 valence electrons. The van der Waals surface area contributed by atoms with Crippen LogP contribution in [0.1, 0.15) is 38.3 Å². The molecule has 1 amide bonds. The summed E-state index contributed by atoms with van der Waals surface area (Å²) in [5.41, 5.74) is 2.66. The van der Waals surface area contributed by atoms with Crippen molar-refractivity contribution in [3.05, 3.63) is 35.4 Å². The third-order valence-corrected chi connectivity index (χ3v) is 2.99. The maximum atomic E-state index is 11.7. The molecule has 0 aromatic heterocycles. The van der Waals surface area contributed by atoms with E-state index in [1.807, 2.05) is 12.1 Å². The van der Waals surface area contributed by atoms with Gasteiger partial charge in [-0.05, 0) is 45.2 Å². The predicted octanol–water partition coefficient (Wildman–Crippen LogP) is 2.43. The zero-order chi connectivity index (χ0) is 14.3. The molecule has 0 spiro atoms. The molecule has 0 fully saturated rings. The number of carbonyl (C=O) groups is 1. The Bertz CT molecular complexity index is 407. The lowest BCUT2D eigenvalue weighted by Gasteiger charge is -2.20. The number of nitrogens with one attached hydrogen (secondary N) is 2. The monoisotopic (exact) mass is 262 g/mol. The topological polar surface area (TPSA) is 41.1 Å². The van der Waals surface area contributed by atoms with Crippen LogP contribution in [0.4, 0.5) is 0 Å². The van der Waals surface area contributed by atoms with Crippen LogP contribution < -0.4 is 10.6 Å². The smallest absolute Gasteiger partial charge is 0.221 e. The molecule has 0 heterocycles. The van der Waals surface area contributed by atoms with E-state index in [1.165, 1.54) is 11.1 Å². The maximum Gasteiger partial charge on any atom is 0.221 e. The van der Waals surface area contributed by atoms with Crippen molar-refractivity contribution in [2.24, 2.45) is 0 Å². The van der Waals surface area contributed by atoms with Crippen molar-refractivity contribution in [1.82, 2.24) is 10.6 Å². The van der Waals surface area contributed by atoms with Crippen LogP contribution in [0.3, 0.4) is 0 Å². The molecule has 1 aromatic rings. The van der Waals surface area contributed by atoms with Crippen molar-refractivity contribution >= 4 is 5.91 Å². The standard InChI is InChI=1S/C16H26N2O/c1-13-7-5-6-8-14(13)9-11-17-15(19)10-12-18-16(2,3)4/h5-8,18H,9-12H2,1-4H3,(H,17,19). The average molecular weight is 262 g/mol. The van der Waals surface area contributed by atoms with Gasteiger partial charge >= 0.3 is 0 Å². The summed E-state index contributed by atoms with van der Waals surface area (Å²) in [4.78, 5) is 11.7. The quantitative estimate of drug-likeness (QED) is 0.826. The van der Waals surface area contributed by atoms with E-state index in [-0.39, 0.29) is 11.4 Å².